The molecule has 0 bridgehead atoms. The van der Waals surface area contributed by atoms with Gasteiger partial charge in [0.2, 0.25) is 0 Å². The van der Waals surface area contributed by atoms with E-state index in [1.807, 2.05) is 0 Å². The van der Waals surface area contributed by atoms with Crippen molar-refractivity contribution in [2.24, 2.45) is 5.92 Å². The van der Waals surface area contributed by atoms with Crippen molar-refractivity contribution in [1.82, 2.24) is 5.32 Å². The topological polar surface area (TPSA) is 12.0 Å². The molecule has 0 saturated carbocycles. The monoisotopic (exact) mass is 197 g/mol. The van der Waals surface area contributed by atoms with Crippen LogP contribution in [0.1, 0.15) is 52.9 Å². The SMILES string of the molecule is C/C=C/C(CC(CCC)CCC)NC. The van der Waals surface area contributed by atoms with Crippen LogP contribution in [-0.2, 0) is 0 Å². The first kappa shape index (κ1) is 13.7. The summed E-state index contributed by atoms with van der Waals surface area (Å²) in [4.78, 5) is 0. The van der Waals surface area contributed by atoms with Crippen LogP contribution >= 0.6 is 0 Å². The maximum atomic E-state index is 3.36. The Morgan fingerprint density at radius 3 is 2.07 bits per heavy atom. The van der Waals surface area contributed by atoms with Gasteiger partial charge in [0.15, 0.2) is 0 Å². The molecule has 0 aliphatic carbocycles. The van der Waals surface area contributed by atoms with E-state index in [1.165, 1.54) is 32.1 Å². The van der Waals surface area contributed by atoms with E-state index in [2.05, 4.69) is 45.3 Å². The van der Waals surface area contributed by atoms with Crippen molar-refractivity contribution in [3.8, 4) is 0 Å². The van der Waals surface area contributed by atoms with E-state index in [1.54, 1.807) is 0 Å². The molecule has 1 heteroatoms. The Bertz CT molecular complexity index is 134. The van der Waals surface area contributed by atoms with E-state index >= 15 is 0 Å². The van der Waals surface area contributed by atoms with Crippen molar-refractivity contribution in [1.29, 1.82) is 0 Å². The lowest BCUT2D eigenvalue weighted by Gasteiger charge is -2.20. The number of likely N-dealkylation sites (N-methyl/N-ethyl adjacent to an activating group) is 1. The third-order valence-corrected chi connectivity index (χ3v) is 2.78. The first-order valence-corrected chi connectivity index (χ1v) is 6.08. The number of nitrogens with one attached hydrogen (secondary N) is 1. The zero-order chi connectivity index (χ0) is 10.8. The summed E-state index contributed by atoms with van der Waals surface area (Å²) in [7, 11) is 2.06. The lowest BCUT2D eigenvalue weighted by molar-refractivity contribution is 0.378. The van der Waals surface area contributed by atoms with Gasteiger partial charge in [-0.1, -0.05) is 51.7 Å². The van der Waals surface area contributed by atoms with Crippen molar-refractivity contribution in [2.75, 3.05) is 7.05 Å². The molecule has 0 aromatic heterocycles. The molecule has 14 heavy (non-hydrogen) atoms. The van der Waals surface area contributed by atoms with E-state index in [4.69, 9.17) is 0 Å². The second kappa shape index (κ2) is 9.26. The van der Waals surface area contributed by atoms with Gasteiger partial charge in [0.25, 0.3) is 0 Å². The molecular formula is C13H27N. The third kappa shape index (κ3) is 6.20. The normalized spacial score (nSPS) is 14.1. The molecule has 0 aromatic carbocycles. The number of hydrogen-bond donors (Lipinski definition) is 1. The summed E-state index contributed by atoms with van der Waals surface area (Å²) in [6.45, 7) is 6.67. The van der Waals surface area contributed by atoms with E-state index in [-0.39, 0.29) is 0 Å². The van der Waals surface area contributed by atoms with Crippen LogP contribution in [0.3, 0.4) is 0 Å². The maximum Gasteiger partial charge on any atom is 0.0249 e. The molecule has 1 nitrogen and oxygen atoms in total. The molecule has 0 aromatic rings. The summed E-state index contributed by atoms with van der Waals surface area (Å²) in [5.74, 6) is 0.902. The lowest BCUT2D eigenvalue weighted by atomic mass is 9.91. The third-order valence-electron chi connectivity index (χ3n) is 2.78. The second-order valence-corrected chi connectivity index (χ2v) is 4.10. The lowest BCUT2D eigenvalue weighted by Crippen LogP contribution is -2.25. The van der Waals surface area contributed by atoms with Crippen LogP contribution in [0.2, 0.25) is 0 Å². The molecule has 0 rings (SSSR count). The van der Waals surface area contributed by atoms with E-state index in [0.717, 1.165) is 5.92 Å². The molecule has 0 radical (unpaired) electrons. The zero-order valence-corrected chi connectivity index (χ0v) is 10.3. The minimum Gasteiger partial charge on any atom is -0.314 e. The van der Waals surface area contributed by atoms with Crippen LogP contribution in [0.4, 0.5) is 0 Å². The molecule has 0 aliphatic heterocycles. The van der Waals surface area contributed by atoms with Crippen LogP contribution in [0.25, 0.3) is 0 Å². The molecule has 0 aliphatic rings. The summed E-state index contributed by atoms with van der Waals surface area (Å²) in [6, 6.07) is 0.572. The molecular weight excluding hydrogens is 170 g/mol. The van der Waals surface area contributed by atoms with Gasteiger partial charge in [-0.2, -0.15) is 0 Å². The molecule has 1 N–H and O–H groups in total. The molecule has 0 fully saturated rings. The molecule has 0 heterocycles. The van der Waals surface area contributed by atoms with Gasteiger partial charge in [-0.05, 0) is 26.3 Å². The van der Waals surface area contributed by atoms with Crippen molar-refractivity contribution in [3.05, 3.63) is 12.2 Å². The highest BCUT2D eigenvalue weighted by Gasteiger charge is 2.11. The zero-order valence-electron chi connectivity index (χ0n) is 10.3. The Labute approximate surface area is 90.0 Å². The van der Waals surface area contributed by atoms with Crippen molar-refractivity contribution < 1.29 is 0 Å². The number of hydrogen-bond acceptors (Lipinski definition) is 1. The van der Waals surface area contributed by atoms with Gasteiger partial charge in [-0.3, -0.25) is 0 Å². The maximum absolute atomic E-state index is 3.36. The molecule has 0 spiro atoms. The Morgan fingerprint density at radius 1 is 1.14 bits per heavy atom. The van der Waals surface area contributed by atoms with Gasteiger partial charge in [-0.15, -0.1) is 0 Å². The summed E-state index contributed by atoms with van der Waals surface area (Å²) in [5.41, 5.74) is 0. The largest absolute Gasteiger partial charge is 0.314 e. The van der Waals surface area contributed by atoms with Gasteiger partial charge < -0.3 is 5.32 Å². The van der Waals surface area contributed by atoms with E-state index < -0.39 is 0 Å². The predicted molar refractivity (Wildman–Crippen MR) is 65.6 cm³/mol. The predicted octanol–water partition coefficient (Wildman–Crippen LogP) is 3.76. The molecule has 1 unspecified atom stereocenters. The molecule has 0 saturated heterocycles. The van der Waals surface area contributed by atoms with E-state index in [9.17, 15) is 0 Å². The van der Waals surface area contributed by atoms with Gasteiger partial charge in [-0.25, -0.2) is 0 Å². The highest BCUT2D eigenvalue weighted by atomic mass is 14.9. The van der Waals surface area contributed by atoms with Crippen LogP contribution in [0.15, 0.2) is 12.2 Å². The minimum atomic E-state index is 0.572. The van der Waals surface area contributed by atoms with E-state index in [0.29, 0.717) is 6.04 Å². The van der Waals surface area contributed by atoms with Crippen LogP contribution in [0, 0.1) is 5.92 Å². The van der Waals surface area contributed by atoms with Gasteiger partial charge >= 0.3 is 0 Å². The number of allylic oxidation sites excluding steroid dienone is 1. The van der Waals surface area contributed by atoms with Crippen LogP contribution < -0.4 is 5.32 Å². The van der Waals surface area contributed by atoms with Gasteiger partial charge in [0, 0.05) is 6.04 Å². The Kier molecular flexibility index (Phi) is 9.06. The van der Waals surface area contributed by atoms with Crippen molar-refractivity contribution >= 4 is 0 Å². The van der Waals surface area contributed by atoms with Crippen molar-refractivity contribution in [3.63, 3.8) is 0 Å². The molecule has 84 valence electrons. The van der Waals surface area contributed by atoms with Crippen molar-refractivity contribution in [2.45, 2.75) is 58.9 Å². The number of rotatable bonds is 8. The summed E-state index contributed by atoms with van der Waals surface area (Å²) >= 11 is 0. The fourth-order valence-corrected chi connectivity index (χ4v) is 2.08. The first-order chi connectivity index (χ1) is 6.78. The van der Waals surface area contributed by atoms with Crippen LogP contribution in [-0.4, -0.2) is 13.1 Å². The Balaban J connectivity index is 3.96. The van der Waals surface area contributed by atoms with Gasteiger partial charge in [0.1, 0.15) is 0 Å². The second-order valence-electron chi connectivity index (χ2n) is 4.10. The summed E-state index contributed by atoms with van der Waals surface area (Å²) in [5, 5.41) is 3.36. The summed E-state index contributed by atoms with van der Waals surface area (Å²) < 4.78 is 0. The fourth-order valence-electron chi connectivity index (χ4n) is 2.08. The van der Waals surface area contributed by atoms with Crippen LogP contribution in [0.5, 0.6) is 0 Å². The fraction of sp³-hybridized carbons (Fsp3) is 0.846. The Morgan fingerprint density at radius 2 is 1.71 bits per heavy atom. The molecule has 0 amide bonds. The highest BCUT2D eigenvalue weighted by Crippen LogP contribution is 2.19. The molecule has 1 atom stereocenters. The summed E-state index contributed by atoms with van der Waals surface area (Å²) in [6.07, 6.45) is 11.1. The minimum absolute atomic E-state index is 0.572. The average molecular weight is 197 g/mol. The average Bonchev–Trinajstić information content (AvgIpc) is 2.18. The van der Waals surface area contributed by atoms with Gasteiger partial charge in [0.05, 0.1) is 0 Å². The smallest absolute Gasteiger partial charge is 0.0249 e. The highest BCUT2D eigenvalue weighted by molar-refractivity contribution is 4.91. The Hall–Kier alpha value is -0.300. The quantitative estimate of drug-likeness (QED) is 0.584. The standard InChI is InChI=1S/C13H27N/c1-5-8-12(9-6-2)11-13(14-4)10-7-3/h7,10,12-14H,5-6,8-9,11H2,1-4H3/b10-7+. The first-order valence-electron chi connectivity index (χ1n) is 6.08.